The smallest absolute Gasteiger partial charge is 0.353 e. The monoisotopic (exact) mass is 583 g/mol. The Kier molecular flexibility index (Phi) is 7.66. The van der Waals surface area contributed by atoms with Crippen molar-refractivity contribution in [2.24, 2.45) is 5.92 Å². The van der Waals surface area contributed by atoms with Gasteiger partial charge in [-0.1, -0.05) is 18.2 Å². The molecular formula is C32H33N5O4S. The van der Waals surface area contributed by atoms with Gasteiger partial charge in [0.25, 0.3) is 0 Å². The maximum Gasteiger partial charge on any atom is 0.353 e. The molecular weight excluding hydrogens is 550 g/mol. The Bertz CT molecular complexity index is 1880. The maximum absolute atomic E-state index is 13.5. The van der Waals surface area contributed by atoms with Crippen molar-refractivity contribution in [2.45, 2.75) is 38.6 Å². The molecule has 0 unspecified atom stereocenters. The van der Waals surface area contributed by atoms with Crippen LogP contribution < -0.4 is 20.3 Å². The van der Waals surface area contributed by atoms with Crippen LogP contribution in [-0.4, -0.2) is 57.1 Å². The number of nitrogens with one attached hydrogen (secondary N) is 1. The average Bonchev–Trinajstić information content (AvgIpc) is 3.54. The van der Waals surface area contributed by atoms with E-state index in [9.17, 15) is 14.7 Å². The number of pyridine rings is 1. The summed E-state index contributed by atoms with van der Waals surface area (Å²) < 4.78 is 8.16. The van der Waals surface area contributed by atoms with Crippen LogP contribution in [-0.2, 0) is 4.79 Å². The van der Waals surface area contributed by atoms with Crippen LogP contribution in [0.15, 0.2) is 65.6 Å². The number of aryl methyl sites for hydroxylation is 1. The van der Waals surface area contributed by atoms with E-state index < -0.39 is 5.69 Å². The van der Waals surface area contributed by atoms with Crippen molar-refractivity contribution < 1.29 is 14.6 Å². The third-order valence-electron chi connectivity index (χ3n) is 7.68. The fourth-order valence-electron chi connectivity index (χ4n) is 5.85. The van der Waals surface area contributed by atoms with Crippen molar-refractivity contribution in [3.63, 3.8) is 0 Å². The number of benzene rings is 2. The summed E-state index contributed by atoms with van der Waals surface area (Å²) in [6.07, 6.45) is 4.75. The Morgan fingerprint density at radius 3 is 2.71 bits per heavy atom. The molecule has 2 N–H and O–H groups in total. The maximum atomic E-state index is 13.5. The highest BCUT2D eigenvalue weighted by molar-refractivity contribution is 7.17. The molecule has 42 heavy (non-hydrogen) atoms. The van der Waals surface area contributed by atoms with Gasteiger partial charge in [-0.3, -0.25) is 9.36 Å². The number of rotatable bonds is 8. The molecule has 1 aliphatic carbocycles. The lowest BCUT2D eigenvalue weighted by molar-refractivity contribution is -0.122. The van der Waals surface area contributed by atoms with Gasteiger partial charge >= 0.3 is 5.69 Å². The van der Waals surface area contributed by atoms with Crippen molar-refractivity contribution >= 4 is 44.3 Å². The predicted octanol–water partition coefficient (Wildman–Crippen LogP) is 4.72. The van der Waals surface area contributed by atoms with Gasteiger partial charge in [0.2, 0.25) is 5.91 Å². The van der Waals surface area contributed by atoms with E-state index in [1.807, 2.05) is 80.5 Å². The van der Waals surface area contributed by atoms with Crippen LogP contribution in [0.4, 0.5) is 0 Å². The molecule has 0 bridgehead atoms. The largest absolute Gasteiger partial charge is 0.511 e. The second kappa shape index (κ2) is 11.5. The van der Waals surface area contributed by atoms with Gasteiger partial charge in [0.15, 0.2) is 0 Å². The Labute approximate surface area is 247 Å². The van der Waals surface area contributed by atoms with Crippen LogP contribution in [0.3, 0.4) is 0 Å². The number of aliphatic hydroxyl groups is 1. The molecule has 1 saturated carbocycles. The quantitative estimate of drug-likeness (QED) is 0.272. The second-order valence-corrected chi connectivity index (χ2v) is 12.2. The van der Waals surface area contributed by atoms with E-state index >= 15 is 0 Å². The molecule has 0 aliphatic heterocycles. The van der Waals surface area contributed by atoms with E-state index in [0.29, 0.717) is 44.8 Å². The molecule has 0 saturated heterocycles. The molecule has 1 aliphatic rings. The molecule has 1 fully saturated rings. The molecule has 2 atom stereocenters. The van der Waals surface area contributed by atoms with Crippen LogP contribution in [0.2, 0.25) is 0 Å². The number of hydrogen-bond donors (Lipinski definition) is 2. The summed E-state index contributed by atoms with van der Waals surface area (Å²) in [5.41, 5.74) is 2.31. The standard InChI is InChI=1S/C32H33N5O4S/c1-19-15-23(41-22-7-5-4-6-8-22)11-12-24(19)37-25-13-14-33-31-28(25)29(35-32(37)40)30(42-31)26(38)17-20-9-10-21(16-20)34-27(39)18-36(2)3/h4-8,11-15,20-21,38H,9-10,16-18H2,1-3H3,(H,34,39)/t20-,21+/m0/s1. The third kappa shape index (κ3) is 5.60. The third-order valence-corrected chi connectivity index (χ3v) is 8.82. The first-order valence-electron chi connectivity index (χ1n) is 14.1. The molecule has 3 heterocycles. The van der Waals surface area contributed by atoms with Gasteiger partial charge in [0, 0.05) is 18.7 Å². The molecule has 216 valence electrons. The lowest BCUT2D eigenvalue weighted by atomic mass is 10.0. The number of ether oxygens (including phenoxy) is 1. The second-order valence-electron chi connectivity index (χ2n) is 11.2. The number of likely N-dealkylation sites (N-methyl/N-ethyl adjacent to an activating group) is 1. The van der Waals surface area contributed by atoms with Crippen LogP contribution in [0.5, 0.6) is 11.5 Å². The number of aliphatic hydroxyl groups excluding tert-OH is 1. The lowest BCUT2D eigenvalue weighted by Gasteiger charge is -2.15. The first kappa shape index (κ1) is 27.9. The summed E-state index contributed by atoms with van der Waals surface area (Å²) >= 11 is 1.35. The van der Waals surface area contributed by atoms with Gasteiger partial charge in [-0.2, -0.15) is 4.98 Å². The summed E-state index contributed by atoms with van der Waals surface area (Å²) in [4.78, 5) is 37.3. The zero-order chi connectivity index (χ0) is 29.4. The molecule has 3 aromatic heterocycles. The van der Waals surface area contributed by atoms with Gasteiger partial charge in [-0.25, -0.2) is 9.78 Å². The van der Waals surface area contributed by atoms with Gasteiger partial charge in [0.1, 0.15) is 27.6 Å². The van der Waals surface area contributed by atoms with Crippen molar-refractivity contribution in [2.75, 3.05) is 20.6 Å². The fraction of sp³-hybridized carbons (Fsp3) is 0.312. The van der Waals surface area contributed by atoms with Gasteiger partial charge in [-0.15, -0.1) is 11.3 Å². The molecule has 2 aromatic carbocycles. The van der Waals surface area contributed by atoms with Crippen molar-refractivity contribution in [3.05, 3.63) is 81.4 Å². The molecule has 10 heteroatoms. The summed E-state index contributed by atoms with van der Waals surface area (Å²) in [5.74, 6) is 1.87. The SMILES string of the molecule is Cc1cc(Oc2ccccc2)ccc1-n1c(=O)nc2c(=C(O)C[C@H]3CC[C@@H](NC(=O)CN(C)C)C3)sc3nccc1c32. The van der Waals surface area contributed by atoms with Crippen LogP contribution >= 0.6 is 11.3 Å². The minimum Gasteiger partial charge on any atom is -0.511 e. The van der Waals surface area contributed by atoms with Crippen molar-refractivity contribution in [3.8, 4) is 17.2 Å². The van der Waals surface area contributed by atoms with E-state index in [4.69, 9.17) is 4.74 Å². The Morgan fingerprint density at radius 1 is 1.14 bits per heavy atom. The van der Waals surface area contributed by atoms with Crippen LogP contribution in [0.25, 0.3) is 32.7 Å². The number of para-hydroxylation sites is 1. The zero-order valence-electron chi connectivity index (χ0n) is 23.8. The number of amides is 1. The number of hydrogen-bond acceptors (Lipinski definition) is 8. The highest BCUT2D eigenvalue weighted by atomic mass is 32.1. The Hall–Kier alpha value is -4.28. The summed E-state index contributed by atoms with van der Waals surface area (Å²) in [7, 11) is 3.74. The number of carbonyl (C=O) groups is 1. The van der Waals surface area contributed by atoms with Crippen molar-refractivity contribution in [1.29, 1.82) is 0 Å². The van der Waals surface area contributed by atoms with Crippen LogP contribution in [0, 0.1) is 12.8 Å². The summed E-state index contributed by atoms with van der Waals surface area (Å²) in [6, 6.07) is 17.1. The molecule has 6 rings (SSSR count). The van der Waals surface area contributed by atoms with Crippen LogP contribution in [0.1, 0.15) is 31.2 Å². The molecule has 9 nitrogen and oxygen atoms in total. The van der Waals surface area contributed by atoms with Gasteiger partial charge < -0.3 is 20.1 Å². The van der Waals surface area contributed by atoms with E-state index in [1.165, 1.54) is 11.3 Å². The minimum atomic E-state index is -0.424. The topological polar surface area (TPSA) is 110 Å². The normalized spacial score (nSPS) is 17.7. The first-order valence-corrected chi connectivity index (χ1v) is 14.9. The predicted molar refractivity (Wildman–Crippen MR) is 165 cm³/mol. The molecule has 0 spiro atoms. The highest BCUT2D eigenvalue weighted by Crippen LogP contribution is 2.33. The first-order chi connectivity index (χ1) is 20.3. The zero-order valence-corrected chi connectivity index (χ0v) is 24.6. The van der Waals surface area contributed by atoms with E-state index in [2.05, 4.69) is 15.3 Å². The van der Waals surface area contributed by atoms with Gasteiger partial charge in [-0.05, 0) is 88.2 Å². The summed E-state index contributed by atoms with van der Waals surface area (Å²) in [6.45, 7) is 2.29. The molecule has 0 radical (unpaired) electrons. The lowest BCUT2D eigenvalue weighted by Crippen LogP contribution is -2.38. The number of thiophene rings is 1. The molecule has 1 amide bonds. The Morgan fingerprint density at radius 2 is 1.95 bits per heavy atom. The minimum absolute atomic E-state index is 0.0156. The van der Waals surface area contributed by atoms with E-state index in [0.717, 1.165) is 36.0 Å². The number of aromatic nitrogens is 3. The number of carbonyl (C=O) groups excluding carboxylic acids is 1. The van der Waals surface area contributed by atoms with Gasteiger partial charge in [0.05, 0.1) is 27.7 Å². The fourth-order valence-corrected chi connectivity index (χ4v) is 6.90. The van der Waals surface area contributed by atoms with E-state index in [1.54, 1.807) is 10.8 Å². The Balaban J connectivity index is 1.31. The van der Waals surface area contributed by atoms with Crippen molar-refractivity contribution in [1.82, 2.24) is 24.8 Å². The highest BCUT2D eigenvalue weighted by Gasteiger charge is 2.27. The van der Waals surface area contributed by atoms with E-state index in [-0.39, 0.29) is 23.6 Å². The average molecular weight is 584 g/mol. The number of nitrogens with zero attached hydrogens (tertiary/aromatic N) is 4. The molecule has 5 aromatic rings. The summed E-state index contributed by atoms with van der Waals surface area (Å²) in [5, 5.41) is 15.1.